The highest BCUT2D eigenvalue weighted by molar-refractivity contribution is 6.02. The Morgan fingerprint density at radius 2 is 2.30 bits per heavy atom. The van der Waals surface area contributed by atoms with E-state index in [0.717, 1.165) is 4.90 Å². The van der Waals surface area contributed by atoms with Crippen LogP contribution < -0.4 is 5.32 Å². The number of carbonyl (C=O) groups is 3. The second-order valence-corrected chi connectivity index (χ2v) is 1.90. The Morgan fingerprint density at radius 1 is 1.60 bits per heavy atom. The number of nitrogens with one attached hydrogen (secondary N) is 1. The molecule has 5 heteroatoms. The van der Waals surface area contributed by atoms with Crippen molar-refractivity contribution in [2.75, 3.05) is 13.1 Å². The molecule has 1 heterocycles. The Kier molecular flexibility index (Phi) is 1.66. The van der Waals surface area contributed by atoms with Gasteiger partial charge >= 0.3 is 6.03 Å². The van der Waals surface area contributed by atoms with Crippen LogP contribution in [0.15, 0.2) is 0 Å². The number of aldehydes is 1. The number of carbonyl (C=O) groups excluding carboxylic acids is 3. The van der Waals surface area contributed by atoms with E-state index in [1.165, 1.54) is 0 Å². The predicted octanol–water partition coefficient (Wildman–Crippen LogP) is -1.26. The minimum absolute atomic E-state index is 0.00241. The van der Waals surface area contributed by atoms with Crippen molar-refractivity contribution in [1.82, 2.24) is 10.2 Å². The molecule has 0 bridgehead atoms. The maximum absolute atomic E-state index is 10.6. The van der Waals surface area contributed by atoms with E-state index in [9.17, 15) is 14.4 Å². The van der Waals surface area contributed by atoms with E-state index < -0.39 is 6.03 Å². The second kappa shape index (κ2) is 2.47. The fourth-order valence-corrected chi connectivity index (χ4v) is 0.720. The summed E-state index contributed by atoms with van der Waals surface area (Å²) >= 11 is 0. The number of hydrogen-bond acceptors (Lipinski definition) is 3. The lowest BCUT2D eigenvalue weighted by molar-refractivity contribution is -0.118. The molecule has 0 radical (unpaired) electrons. The Hall–Kier alpha value is -1.39. The molecule has 5 nitrogen and oxygen atoms in total. The van der Waals surface area contributed by atoms with E-state index >= 15 is 0 Å². The molecule has 0 aromatic heterocycles. The van der Waals surface area contributed by atoms with Gasteiger partial charge in [-0.15, -0.1) is 0 Å². The third-order valence-corrected chi connectivity index (χ3v) is 1.16. The summed E-state index contributed by atoms with van der Waals surface area (Å²) in [5.41, 5.74) is 0. The molecule has 0 aliphatic carbocycles. The molecule has 1 aliphatic heterocycles. The van der Waals surface area contributed by atoms with Crippen molar-refractivity contribution < 1.29 is 14.4 Å². The van der Waals surface area contributed by atoms with Crippen LogP contribution in [0.25, 0.3) is 0 Å². The highest BCUT2D eigenvalue weighted by atomic mass is 16.2. The predicted molar refractivity (Wildman–Crippen MR) is 31.2 cm³/mol. The summed E-state index contributed by atoms with van der Waals surface area (Å²) in [4.78, 5) is 32.1. The minimum Gasteiger partial charge on any atom is -0.308 e. The standard InChI is InChI=1S/C5H6N2O3/c8-2-1-7-3-4(9)6-5(7)10/h2H,1,3H2,(H,6,9,10). The van der Waals surface area contributed by atoms with Gasteiger partial charge in [-0.25, -0.2) is 4.79 Å². The number of amides is 3. The van der Waals surface area contributed by atoms with Crippen LogP contribution in [0.4, 0.5) is 4.79 Å². The van der Waals surface area contributed by atoms with E-state index in [2.05, 4.69) is 0 Å². The van der Waals surface area contributed by atoms with Crippen LogP contribution in [-0.2, 0) is 9.59 Å². The first-order chi connectivity index (χ1) is 4.74. The maximum Gasteiger partial charge on any atom is 0.324 e. The Morgan fingerprint density at radius 3 is 2.70 bits per heavy atom. The lowest BCUT2D eigenvalue weighted by Crippen LogP contribution is -2.29. The van der Waals surface area contributed by atoms with Gasteiger partial charge in [-0.1, -0.05) is 0 Å². The van der Waals surface area contributed by atoms with Gasteiger partial charge in [-0.05, 0) is 0 Å². The van der Waals surface area contributed by atoms with Gasteiger partial charge in [0.25, 0.3) is 0 Å². The Labute approximate surface area is 57.0 Å². The molecular weight excluding hydrogens is 136 g/mol. The molecule has 3 amide bonds. The van der Waals surface area contributed by atoms with Gasteiger partial charge in [-0.2, -0.15) is 0 Å². The Balaban J connectivity index is 2.54. The molecule has 54 valence electrons. The smallest absolute Gasteiger partial charge is 0.308 e. The van der Waals surface area contributed by atoms with Crippen LogP contribution in [0, 0.1) is 0 Å². The zero-order valence-corrected chi connectivity index (χ0v) is 5.16. The van der Waals surface area contributed by atoms with Crippen LogP contribution >= 0.6 is 0 Å². The van der Waals surface area contributed by atoms with E-state index in [1.54, 1.807) is 0 Å². The molecule has 0 saturated carbocycles. The summed E-state index contributed by atoms with van der Waals surface area (Å²) in [5, 5.41) is 2.04. The first-order valence-corrected chi connectivity index (χ1v) is 2.76. The van der Waals surface area contributed by atoms with Crippen molar-refractivity contribution >= 4 is 18.2 Å². The quantitative estimate of drug-likeness (QED) is 0.386. The van der Waals surface area contributed by atoms with Crippen molar-refractivity contribution in [3.05, 3.63) is 0 Å². The van der Waals surface area contributed by atoms with Gasteiger partial charge in [0, 0.05) is 0 Å². The van der Waals surface area contributed by atoms with Gasteiger partial charge in [0.1, 0.15) is 12.8 Å². The van der Waals surface area contributed by atoms with Crippen LogP contribution in [0.5, 0.6) is 0 Å². The van der Waals surface area contributed by atoms with Gasteiger partial charge in [-0.3, -0.25) is 10.1 Å². The van der Waals surface area contributed by atoms with E-state index in [1.807, 2.05) is 5.32 Å². The summed E-state index contributed by atoms with van der Waals surface area (Å²) in [6.07, 6.45) is 0.582. The number of urea groups is 1. The van der Waals surface area contributed by atoms with Gasteiger partial charge in [0.2, 0.25) is 5.91 Å². The molecule has 0 aromatic rings. The van der Waals surface area contributed by atoms with E-state index in [4.69, 9.17) is 0 Å². The first-order valence-electron chi connectivity index (χ1n) is 2.76. The summed E-state index contributed by atoms with van der Waals surface area (Å²) in [6.45, 7) is -0.0187. The monoisotopic (exact) mass is 142 g/mol. The van der Waals surface area contributed by atoms with Gasteiger partial charge in [0.05, 0.1) is 6.54 Å². The molecule has 0 aromatic carbocycles. The summed E-state index contributed by atoms with van der Waals surface area (Å²) in [7, 11) is 0. The molecule has 0 spiro atoms. The number of hydrogen-bond donors (Lipinski definition) is 1. The molecule has 1 rings (SSSR count). The number of imide groups is 1. The summed E-state index contributed by atoms with van der Waals surface area (Å²) < 4.78 is 0. The van der Waals surface area contributed by atoms with Crippen molar-refractivity contribution in [1.29, 1.82) is 0 Å². The summed E-state index contributed by atoms with van der Waals surface area (Å²) in [6, 6.07) is -0.489. The lowest BCUT2D eigenvalue weighted by atomic mass is 10.5. The van der Waals surface area contributed by atoms with Crippen molar-refractivity contribution in [3.8, 4) is 0 Å². The molecular formula is C5H6N2O3. The first kappa shape index (κ1) is 6.73. The molecule has 1 N–H and O–H groups in total. The average molecular weight is 142 g/mol. The molecule has 0 unspecified atom stereocenters. The topological polar surface area (TPSA) is 66.5 Å². The zero-order valence-electron chi connectivity index (χ0n) is 5.16. The average Bonchev–Trinajstić information content (AvgIpc) is 2.13. The fourth-order valence-electron chi connectivity index (χ4n) is 0.720. The van der Waals surface area contributed by atoms with Crippen LogP contribution in [0.1, 0.15) is 0 Å². The SMILES string of the molecule is O=CCN1CC(=O)NC1=O. The van der Waals surface area contributed by atoms with Crippen molar-refractivity contribution in [2.45, 2.75) is 0 Å². The molecule has 1 aliphatic rings. The Bertz CT molecular complexity index is 189. The zero-order chi connectivity index (χ0) is 7.56. The normalized spacial score (nSPS) is 17.4. The van der Waals surface area contributed by atoms with Gasteiger partial charge in [0.15, 0.2) is 0 Å². The van der Waals surface area contributed by atoms with E-state index in [-0.39, 0.29) is 19.0 Å². The highest BCUT2D eigenvalue weighted by Crippen LogP contribution is 1.94. The van der Waals surface area contributed by atoms with Crippen molar-refractivity contribution in [3.63, 3.8) is 0 Å². The second-order valence-electron chi connectivity index (χ2n) is 1.90. The molecule has 1 fully saturated rings. The molecule has 0 atom stereocenters. The summed E-state index contributed by atoms with van der Waals surface area (Å²) in [5.74, 6) is -0.355. The fraction of sp³-hybridized carbons (Fsp3) is 0.400. The third kappa shape index (κ3) is 1.12. The van der Waals surface area contributed by atoms with E-state index in [0.29, 0.717) is 6.29 Å². The van der Waals surface area contributed by atoms with Crippen LogP contribution in [0.3, 0.4) is 0 Å². The number of rotatable bonds is 2. The minimum atomic E-state index is -0.489. The maximum atomic E-state index is 10.6. The largest absolute Gasteiger partial charge is 0.324 e. The third-order valence-electron chi connectivity index (χ3n) is 1.16. The molecule has 1 saturated heterocycles. The van der Waals surface area contributed by atoms with Crippen LogP contribution in [-0.4, -0.2) is 36.2 Å². The highest BCUT2D eigenvalue weighted by Gasteiger charge is 2.25. The van der Waals surface area contributed by atoms with Crippen molar-refractivity contribution in [2.24, 2.45) is 0 Å². The van der Waals surface area contributed by atoms with Crippen LogP contribution in [0.2, 0.25) is 0 Å². The molecule has 10 heavy (non-hydrogen) atoms. The number of nitrogens with zero attached hydrogens (tertiary/aromatic N) is 1. The van der Waals surface area contributed by atoms with Gasteiger partial charge < -0.3 is 9.69 Å². The lowest BCUT2D eigenvalue weighted by Gasteiger charge is -2.05.